The average Bonchev–Trinajstić information content (AvgIpc) is 2.68. The summed E-state index contributed by atoms with van der Waals surface area (Å²) in [6.45, 7) is 1.69. The molecule has 2 heterocycles. The Labute approximate surface area is 147 Å². The number of hydrogen-bond acceptors (Lipinski definition) is 4. The number of benzene rings is 2. The second kappa shape index (κ2) is 6.73. The number of pyridine rings is 1. The van der Waals surface area contributed by atoms with Crippen molar-refractivity contribution in [1.82, 2.24) is 4.98 Å². The lowest BCUT2D eigenvalue weighted by Crippen LogP contribution is -2.36. The van der Waals surface area contributed by atoms with Gasteiger partial charge < -0.3 is 14.7 Å². The Balaban J connectivity index is 1.93. The topological polar surface area (TPSA) is 45.6 Å². The molecule has 1 aliphatic heterocycles. The van der Waals surface area contributed by atoms with Crippen LogP contribution in [0.15, 0.2) is 54.7 Å². The van der Waals surface area contributed by atoms with Crippen molar-refractivity contribution >= 4 is 16.6 Å². The summed E-state index contributed by atoms with van der Waals surface area (Å²) in [5.41, 5.74) is 4.42. The normalized spacial score (nSPS) is 15.5. The Morgan fingerprint density at radius 3 is 2.56 bits per heavy atom. The van der Waals surface area contributed by atoms with Crippen molar-refractivity contribution in [2.45, 2.75) is 18.9 Å². The lowest BCUT2D eigenvalue weighted by atomic mass is 9.99. The molecule has 4 heteroatoms. The molecule has 128 valence electrons. The van der Waals surface area contributed by atoms with Gasteiger partial charge in [-0.1, -0.05) is 30.3 Å². The number of aliphatic hydroxyl groups excluding tert-OH is 1. The Kier molecular flexibility index (Phi) is 4.28. The zero-order chi connectivity index (χ0) is 17.2. The van der Waals surface area contributed by atoms with Gasteiger partial charge in [-0.15, -0.1) is 0 Å². The maximum absolute atomic E-state index is 9.90. The number of piperidine rings is 1. The smallest absolute Gasteiger partial charge is 0.119 e. The summed E-state index contributed by atoms with van der Waals surface area (Å²) in [4.78, 5) is 7.05. The van der Waals surface area contributed by atoms with Crippen LogP contribution in [0.2, 0.25) is 0 Å². The summed E-state index contributed by atoms with van der Waals surface area (Å²) in [5.74, 6) is 0.831. The fourth-order valence-electron chi connectivity index (χ4n) is 3.54. The number of hydrogen-bond donors (Lipinski definition) is 1. The monoisotopic (exact) mass is 334 g/mol. The lowest BCUT2D eigenvalue weighted by Gasteiger charge is -2.33. The Hall–Kier alpha value is -2.59. The van der Waals surface area contributed by atoms with Gasteiger partial charge in [0.2, 0.25) is 0 Å². The van der Waals surface area contributed by atoms with Crippen molar-refractivity contribution in [2.75, 3.05) is 25.1 Å². The first-order valence-electron chi connectivity index (χ1n) is 8.71. The molecule has 1 saturated heterocycles. The molecule has 0 aliphatic carbocycles. The number of fused-ring (bicyclic) bond motifs is 1. The molecular weight excluding hydrogens is 312 g/mol. The molecule has 2 aromatic carbocycles. The van der Waals surface area contributed by atoms with Crippen LogP contribution in [0.4, 0.5) is 5.69 Å². The van der Waals surface area contributed by atoms with Crippen LogP contribution in [0.25, 0.3) is 22.0 Å². The molecule has 25 heavy (non-hydrogen) atoms. The fraction of sp³-hybridized carbons (Fsp3) is 0.286. The summed E-state index contributed by atoms with van der Waals surface area (Å²) in [5, 5.41) is 11.0. The van der Waals surface area contributed by atoms with Crippen molar-refractivity contribution in [1.29, 1.82) is 0 Å². The van der Waals surface area contributed by atoms with Gasteiger partial charge in [0.15, 0.2) is 0 Å². The first-order chi connectivity index (χ1) is 12.3. The number of rotatable bonds is 3. The standard InChI is InChI=1S/C21H22N2O2/c1-25-17-7-8-20-18(13-17)21(23-11-9-16(24)10-12-23)19(14-22-20)15-5-3-2-4-6-15/h2-8,13-14,16,24H,9-12H2,1H3. The Morgan fingerprint density at radius 1 is 1.08 bits per heavy atom. The van der Waals surface area contributed by atoms with Gasteiger partial charge in [0.05, 0.1) is 24.4 Å². The van der Waals surface area contributed by atoms with Crippen LogP contribution in [0.5, 0.6) is 5.75 Å². The van der Waals surface area contributed by atoms with E-state index in [0.29, 0.717) is 0 Å². The molecule has 1 N–H and O–H groups in total. The van der Waals surface area contributed by atoms with E-state index in [9.17, 15) is 5.11 Å². The molecule has 1 fully saturated rings. The highest BCUT2D eigenvalue weighted by atomic mass is 16.5. The molecule has 0 radical (unpaired) electrons. The molecule has 4 nitrogen and oxygen atoms in total. The molecular formula is C21H22N2O2. The fourth-order valence-corrected chi connectivity index (χ4v) is 3.54. The summed E-state index contributed by atoms with van der Waals surface area (Å²) in [6, 6.07) is 16.4. The minimum Gasteiger partial charge on any atom is -0.497 e. The Morgan fingerprint density at radius 2 is 1.84 bits per heavy atom. The third-order valence-corrected chi connectivity index (χ3v) is 4.91. The number of nitrogens with zero attached hydrogens (tertiary/aromatic N) is 2. The number of aliphatic hydroxyl groups is 1. The number of ether oxygens (including phenoxy) is 1. The van der Waals surface area contributed by atoms with Gasteiger partial charge >= 0.3 is 0 Å². The van der Waals surface area contributed by atoms with Crippen molar-refractivity contribution in [3.05, 3.63) is 54.7 Å². The van der Waals surface area contributed by atoms with E-state index in [2.05, 4.69) is 40.2 Å². The van der Waals surface area contributed by atoms with Crippen LogP contribution in [0.1, 0.15) is 12.8 Å². The molecule has 0 atom stereocenters. The highest BCUT2D eigenvalue weighted by molar-refractivity contribution is 6.00. The van der Waals surface area contributed by atoms with Gasteiger partial charge in [0.25, 0.3) is 0 Å². The maximum Gasteiger partial charge on any atom is 0.119 e. The highest BCUT2D eigenvalue weighted by Crippen LogP contribution is 2.38. The second-order valence-electron chi connectivity index (χ2n) is 6.49. The van der Waals surface area contributed by atoms with Crippen molar-refractivity contribution in [3.63, 3.8) is 0 Å². The maximum atomic E-state index is 9.90. The van der Waals surface area contributed by atoms with Crippen LogP contribution < -0.4 is 9.64 Å². The van der Waals surface area contributed by atoms with Crippen molar-refractivity contribution in [3.8, 4) is 16.9 Å². The minimum absolute atomic E-state index is 0.195. The molecule has 4 rings (SSSR count). The summed E-state index contributed by atoms with van der Waals surface area (Å²) in [7, 11) is 1.69. The van der Waals surface area contributed by atoms with Crippen molar-refractivity contribution in [2.24, 2.45) is 0 Å². The quantitative estimate of drug-likeness (QED) is 0.790. The van der Waals surface area contributed by atoms with Gasteiger partial charge in [-0.05, 0) is 36.6 Å². The van der Waals surface area contributed by atoms with Gasteiger partial charge in [-0.25, -0.2) is 0 Å². The van der Waals surface area contributed by atoms with E-state index in [0.717, 1.165) is 53.7 Å². The van der Waals surface area contributed by atoms with E-state index in [1.165, 1.54) is 5.69 Å². The molecule has 0 amide bonds. The SMILES string of the molecule is COc1ccc2ncc(-c3ccccc3)c(N3CCC(O)CC3)c2c1. The van der Waals surface area contributed by atoms with E-state index in [1.807, 2.05) is 24.4 Å². The van der Waals surface area contributed by atoms with Crippen LogP contribution in [-0.4, -0.2) is 36.4 Å². The van der Waals surface area contributed by atoms with Crippen LogP contribution in [0.3, 0.4) is 0 Å². The Bertz CT molecular complexity index is 872. The molecule has 0 spiro atoms. The summed E-state index contributed by atoms with van der Waals surface area (Å²) in [6.07, 6.45) is 3.35. The molecule has 1 aliphatic rings. The van der Waals surface area contributed by atoms with Crippen molar-refractivity contribution < 1.29 is 9.84 Å². The van der Waals surface area contributed by atoms with E-state index < -0.39 is 0 Å². The predicted octanol–water partition coefficient (Wildman–Crippen LogP) is 3.87. The molecule has 0 unspecified atom stereocenters. The largest absolute Gasteiger partial charge is 0.497 e. The molecule has 0 bridgehead atoms. The van der Waals surface area contributed by atoms with Gasteiger partial charge in [-0.3, -0.25) is 4.98 Å². The second-order valence-corrected chi connectivity index (χ2v) is 6.49. The van der Waals surface area contributed by atoms with Gasteiger partial charge in [0, 0.05) is 30.2 Å². The third kappa shape index (κ3) is 3.05. The number of methoxy groups -OCH3 is 1. The molecule has 1 aromatic heterocycles. The number of anilines is 1. The zero-order valence-corrected chi connectivity index (χ0v) is 14.4. The first kappa shape index (κ1) is 15.9. The average molecular weight is 334 g/mol. The number of aromatic nitrogens is 1. The highest BCUT2D eigenvalue weighted by Gasteiger charge is 2.22. The molecule has 0 saturated carbocycles. The zero-order valence-electron chi connectivity index (χ0n) is 14.4. The van der Waals surface area contributed by atoms with E-state index >= 15 is 0 Å². The van der Waals surface area contributed by atoms with Crippen LogP contribution in [0, 0.1) is 0 Å². The molecule has 3 aromatic rings. The summed E-state index contributed by atoms with van der Waals surface area (Å²) >= 11 is 0. The van der Waals surface area contributed by atoms with E-state index in [-0.39, 0.29) is 6.10 Å². The van der Waals surface area contributed by atoms with Gasteiger partial charge in [-0.2, -0.15) is 0 Å². The van der Waals surface area contributed by atoms with Gasteiger partial charge in [0.1, 0.15) is 5.75 Å². The van der Waals surface area contributed by atoms with Crippen LogP contribution in [-0.2, 0) is 0 Å². The van der Waals surface area contributed by atoms with E-state index in [1.54, 1.807) is 7.11 Å². The minimum atomic E-state index is -0.195. The van der Waals surface area contributed by atoms with Crippen LogP contribution >= 0.6 is 0 Å². The first-order valence-corrected chi connectivity index (χ1v) is 8.71. The third-order valence-electron chi connectivity index (χ3n) is 4.91. The van der Waals surface area contributed by atoms with E-state index in [4.69, 9.17) is 4.74 Å². The predicted molar refractivity (Wildman–Crippen MR) is 101 cm³/mol. The lowest BCUT2D eigenvalue weighted by molar-refractivity contribution is 0.145. The summed E-state index contributed by atoms with van der Waals surface area (Å²) < 4.78 is 5.44.